The average molecular weight is 290 g/mol. The molecule has 1 aliphatic rings. The van der Waals surface area contributed by atoms with Gasteiger partial charge < -0.3 is 10.2 Å². The van der Waals surface area contributed by atoms with Crippen LogP contribution in [0.4, 0.5) is 5.69 Å². The lowest BCUT2D eigenvalue weighted by molar-refractivity contribution is 0.0574. The smallest absolute Gasteiger partial charge is 0.272 e. The van der Waals surface area contributed by atoms with E-state index in [0.717, 1.165) is 44.8 Å². The van der Waals surface area contributed by atoms with Gasteiger partial charge in [-0.25, -0.2) is 0 Å². The molecule has 0 saturated carbocycles. The van der Waals surface area contributed by atoms with E-state index in [1.807, 2.05) is 24.0 Å². The maximum absolute atomic E-state index is 12.5. The Morgan fingerprint density at radius 2 is 2.05 bits per heavy atom. The van der Waals surface area contributed by atoms with E-state index in [1.54, 1.807) is 6.20 Å². The van der Waals surface area contributed by atoms with E-state index in [-0.39, 0.29) is 5.91 Å². The van der Waals surface area contributed by atoms with Crippen molar-refractivity contribution < 1.29 is 4.79 Å². The van der Waals surface area contributed by atoms with Crippen LogP contribution in [-0.2, 0) is 0 Å². The number of hydrogen-bond donors (Lipinski definition) is 1. The quantitative estimate of drug-likeness (QED) is 0.902. The standard InChI is InChI=1S/C16H26N4O/c1-4-13(3)19-8-10-20(11-9-19)16(21)15-12-14(17-5-2)6-7-18-15/h6-7,12-13H,4-5,8-11H2,1-3H3,(H,17,18). The molecule has 0 radical (unpaired) electrons. The van der Waals surface area contributed by atoms with Crippen LogP contribution in [0.5, 0.6) is 0 Å². The Labute approximate surface area is 127 Å². The Hall–Kier alpha value is -1.62. The Kier molecular flexibility index (Phi) is 5.56. The third-order valence-electron chi connectivity index (χ3n) is 4.18. The summed E-state index contributed by atoms with van der Waals surface area (Å²) in [5.74, 6) is 0.0403. The van der Waals surface area contributed by atoms with Crippen molar-refractivity contribution in [3.63, 3.8) is 0 Å². The fourth-order valence-electron chi connectivity index (χ4n) is 2.65. The maximum atomic E-state index is 12.5. The zero-order valence-corrected chi connectivity index (χ0v) is 13.3. The Morgan fingerprint density at radius 1 is 1.33 bits per heavy atom. The molecular weight excluding hydrogens is 264 g/mol. The van der Waals surface area contributed by atoms with Crippen LogP contribution in [0.25, 0.3) is 0 Å². The largest absolute Gasteiger partial charge is 0.385 e. The first-order valence-electron chi connectivity index (χ1n) is 7.89. The normalized spacial score (nSPS) is 17.6. The van der Waals surface area contributed by atoms with Gasteiger partial charge in [-0.15, -0.1) is 0 Å². The van der Waals surface area contributed by atoms with Crippen LogP contribution >= 0.6 is 0 Å². The second-order valence-corrected chi connectivity index (χ2v) is 5.55. The summed E-state index contributed by atoms with van der Waals surface area (Å²) in [5.41, 5.74) is 1.49. The molecule has 2 heterocycles. The molecule has 1 amide bonds. The van der Waals surface area contributed by atoms with E-state index in [1.165, 1.54) is 0 Å². The van der Waals surface area contributed by atoms with Crippen LogP contribution in [0.15, 0.2) is 18.3 Å². The van der Waals surface area contributed by atoms with Crippen molar-refractivity contribution in [3.8, 4) is 0 Å². The molecule has 21 heavy (non-hydrogen) atoms. The number of carbonyl (C=O) groups is 1. The summed E-state index contributed by atoms with van der Waals surface area (Å²) in [6.07, 6.45) is 2.85. The van der Waals surface area contributed by atoms with Gasteiger partial charge in [-0.2, -0.15) is 0 Å². The van der Waals surface area contributed by atoms with Crippen molar-refractivity contribution in [3.05, 3.63) is 24.0 Å². The highest BCUT2D eigenvalue weighted by Gasteiger charge is 2.24. The molecule has 1 aliphatic heterocycles. The van der Waals surface area contributed by atoms with Crippen LogP contribution in [-0.4, -0.2) is 59.5 Å². The molecule has 5 nitrogen and oxygen atoms in total. The minimum Gasteiger partial charge on any atom is -0.385 e. The summed E-state index contributed by atoms with van der Waals surface area (Å²) in [6, 6.07) is 4.33. The molecular formula is C16H26N4O. The fraction of sp³-hybridized carbons (Fsp3) is 0.625. The summed E-state index contributed by atoms with van der Waals surface area (Å²) in [7, 11) is 0. The number of carbonyl (C=O) groups excluding carboxylic acids is 1. The topological polar surface area (TPSA) is 48.5 Å². The number of rotatable bonds is 5. The van der Waals surface area contributed by atoms with Gasteiger partial charge in [0.15, 0.2) is 0 Å². The third kappa shape index (κ3) is 3.94. The molecule has 0 spiro atoms. The molecule has 1 saturated heterocycles. The first-order valence-corrected chi connectivity index (χ1v) is 7.89. The van der Waals surface area contributed by atoms with Crippen LogP contribution in [0.3, 0.4) is 0 Å². The van der Waals surface area contributed by atoms with Gasteiger partial charge >= 0.3 is 0 Å². The predicted molar refractivity (Wildman–Crippen MR) is 85.6 cm³/mol. The molecule has 116 valence electrons. The van der Waals surface area contributed by atoms with E-state index in [2.05, 4.69) is 29.0 Å². The van der Waals surface area contributed by atoms with Crippen molar-refractivity contribution >= 4 is 11.6 Å². The fourth-order valence-corrected chi connectivity index (χ4v) is 2.65. The van der Waals surface area contributed by atoms with Crippen molar-refractivity contribution in [2.75, 3.05) is 38.0 Å². The zero-order valence-electron chi connectivity index (χ0n) is 13.3. The molecule has 5 heteroatoms. The number of nitrogens with zero attached hydrogens (tertiary/aromatic N) is 3. The van der Waals surface area contributed by atoms with Crippen molar-refractivity contribution in [1.29, 1.82) is 0 Å². The molecule has 0 aliphatic carbocycles. The van der Waals surface area contributed by atoms with Crippen molar-refractivity contribution in [1.82, 2.24) is 14.8 Å². The molecule has 1 N–H and O–H groups in total. The van der Waals surface area contributed by atoms with Crippen LogP contribution < -0.4 is 5.32 Å². The number of anilines is 1. The lowest BCUT2D eigenvalue weighted by Crippen LogP contribution is -2.51. The highest BCUT2D eigenvalue weighted by atomic mass is 16.2. The van der Waals surface area contributed by atoms with E-state index < -0.39 is 0 Å². The monoisotopic (exact) mass is 290 g/mol. The molecule has 0 aromatic carbocycles. The Balaban J connectivity index is 1.97. The SMILES string of the molecule is CCNc1ccnc(C(=O)N2CCN(C(C)CC)CC2)c1. The van der Waals surface area contributed by atoms with Gasteiger partial charge in [0.2, 0.25) is 0 Å². The first kappa shape index (κ1) is 15.8. The minimum absolute atomic E-state index is 0.0403. The van der Waals surface area contributed by atoms with Gasteiger partial charge in [-0.05, 0) is 32.4 Å². The number of pyridine rings is 1. The summed E-state index contributed by atoms with van der Waals surface area (Å²) in [6.45, 7) is 10.8. The minimum atomic E-state index is 0.0403. The average Bonchev–Trinajstić information content (AvgIpc) is 2.54. The van der Waals surface area contributed by atoms with Gasteiger partial charge in [0.25, 0.3) is 5.91 Å². The van der Waals surface area contributed by atoms with Crippen LogP contribution in [0, 0.1) is 0 Å². The van der Waals surface area contributed by atoms with Gasteiger partial charge in [-0.1, -0.05) is 6.92 Å². The molecule has 2 rings (SSSR count). The lowest BCUT2D eigenvalue weighted by Gasteiger charge is -2.37. The number of nitrogens with one attached hydrogen (secondary N) is 1. The van der Waals surface area contributed by atoms with Gasteiger partial charge in [0.1, 0.15) is 5.69 Å². The number of hydrogen-bond acceptors (Lipinski definition) is 4. The van der Waals surface area contributed by atoms with Crippen LogP contribution in [0.2, 0.25) is 0 Å². The number of aromatic nitrogens is 1. The highest BCUT2D eigenvalue weighted by molar-refractivity contribution is 5.93. The van der Waals surface area contributed by atoms with E-state index in [4.69, 9.17) is 0 Å². The highest BCUT2D eigenvalue weighted by Crippen LogP contribution is 2.13. The van der Waals surface area contributed by atoms with Crippen LogP contribution in [0.1, 0.15) is 37.7 Å². The molecule has 1 aromatic heterocycles. The van der Waals surface area contributed by atoms with Crippen molar-refractivity contribution in [2.24, 2.45) is 0 Å². The first-order chi connectivity index (χ1) is 10.2. The van der Waals surface area contributed by atoms with Crippen molar-refractivity contribution in [2.45, 2.75) is 33.2 Å². The van der Waals surface area contributed by atoms with Gasteiger partial charge in [0, 0.05) is 50.6 Å². The maximum Gasteiger partial charge on any atom is 0.272 e. The Bertz CT molecular complexity index is 469. The molecule has 1 aromatic rings. The molecule has 1 unspecified atom stereocenters. The van der Waals surface area contributed by atoms with E-state index in [0.29, 0.717) is 11.7 Å². The third-order valence-corrected chi connectivity index (χ3v) is 4.18. The number of amides is 1. The summed E-state index contributed by atoms with van der Waals surface area (Å²) in [4.78, 5) is 21.1. The second-order valence-electron chi connectivity index (χ2n) is 5.55. The molecule has 0 bridgehead atoms. The summed E-state index contributed by atoms with van der Waals surface area (Å²) >= 11 is 0. The van der Waals surface area contributed by atoms with Gasteiger partial charge in [-0.3, -0.25) is 14.7 Å². The Morgan fingerprint density at radius 3 is 2.67 bits per heavy atom. The lowest BCUT2D eigenvalue weighted by atomic mass is 10.2. The second kappa shape index (κ2) is 7.41. The van der Waals surface area contributed by atoms with Gasteiger partial charge in [0.05, 0.1) is 0 Å². The number of piperazine rings is 1. The van der Waals surface area contributed by atoms with E-state index >= 15 is 0 Å². The summed E-state index contributed by atoms with van der Waals surface area (Å²) < 4.78 is 0. The molecule has 1 atom stereocenters. The predicted octanol–water partition coefficient (Wildman–Crippen LogP) is 2.07. The zero-order chi connectivity index (χ0) is 15.2. The van der Waals surface area contributed by atoms with E-state index in [9.17, 15) is 4.79 Å². The molecule has 1 fully saturated rings. The summed E-state index contributed by atoms with van der Waals surface area (Å²) in [5, 5.41) is 3.22.